The van der Waals surface area contributed by atoms with E-state index in [-0.39, 0.29) is 57.4 Å². The highest BCUT2D eigenvalue weighted by Gasteiger charge is 2.63. The van der Waals surface area contributed by atoms with Crippen molar-refractivity contribution < 1.29 is 95.9 Å². The molecule has 0 saturated carbocycles. The molecule has 4 aliphatic rings. The van der Waals surface area contributed by atoms with Crippen LogP contribution in [-0.2, 0) is 73.0 Å². The van der Waals surface area contributed by atoms with Gasteiger partial charge in [0.1, 0.15) is 46.0 Å². The van der Waals surface area contributed by atoms with Crippen LogP contribution in [0, 0.1) is 0 Å². The van der Waals surface area contributed by atoms with Crippen molar-refractivity contribution in [1.29, 1.82) is 0 Å². The molecule has 62 heavy (non-hydrogen) atoms. The average Bonchev–Trinajstić information content (AvgIpc) is 4.05. The molecule has 0 spiro atoms. The predicted octanol–water partition coefficient (Wildman–Crippen LogP) is 1.91. The van der Waals surface area contributed by atoms with Crippen LogP contribution in [0.25, 0.3) is 0 Å². The van der Waals surface area contributed by atoms with Gasteiger partial charge in [0.15, 0.2) is 0 Å². The van der Waals surface area contributed by atoms with Crippen LogP contribution in [0.3, 0.4) is 0 Å². The highest BCUT2D eigenvalue weighted by molar-refractivity contribution is 6.09. The summed E-state index contributed by atoms with van der Waals surface area (Å²) in [6.07, 6.45) is 4.49. The Morgan fingerprint density at radius 2 is 0.774 bits per heavy atom. The van der Waals surface area contributed by atoms with Gasteiger partial charge in [-0.3, -0.25) is 0 Å². The number of carbonyl (C=O) groups is 8. The summed E-state index contributed by atoms with van der Waals surface area (Å²) in [6.45, 7) is 0. The van der Waals surface area contributed by atoms with E-state index in [9.17, 15) is 48.6 Å². The number of ether oxygens (including phenoxy) is 10. The third-order valence-corrected chi connectivity index (χ3v) is 10.3. The molecule has 328 valence electrons. The van der Waals surface area contributed by atoms with Gasteiger partial charge in [-0.2, -0.15) is 0 Å². The topological polar surface area (TPSA) is 269 Å². The number of rotatable bonds is 12. The van der Waals surface area contributed by atoms with Crippen molar-refractivity contribution in [3.63, 3.8) is 0 Å². The molecule has 0 saturated heterocycles. The second kappa shape index (κ2) is 18.1. The zero-order valence-corrected chi connectivity index (χ0v) is 34.4. The molecular weight excluding hydrogens is 824 g/mol. The van der Waals surface area contributed by atoms with E-state index in [1.807, 2.05) is 0 Å². The number of hydrogen-bond acceptors (Lipinski definition) is 20. The molecule has 6 rings (SSSR count). The summed E-state index contributed by atoms with van der Waals surface area (Å²) in [4.78, 5) is 99.3. The van der Waals surface area contributed by atoms with Crippen LogP contribution in [0.4, 0.5) is 0 Å². The number of benzene rings is 2. The molecule has 0 fully saturated rings. The fourth-order valence-corrected chi connectivity index (χ4v) is 7.68. The van der Waals surface area contributed by atoms with E-state index in [4.69, 9.17) is 37.9 Å². The Kier molecular flexibility index (Phi) is 13.4. The Bertz CT molecular complexity index is 2240. The number of fused-ring (bicyclic) bond motifs is 4. The first-order valence-electron chi connectivity index (χ1n) is 18.1. The molecule has 20 nitrogen and oxygen atoms in total. The molecule has 0 aliphatic carbocycles. The first kappa shape index (κ1) is 45.8. The number of aromatic hydroxyl groups is 2. The van der Waals surface area contributed by atoms with Crippen molar-refractivity contribution in [2.75, 3.05) is 56.9 Å². The van der Waals surface area contributed by atoms with E-state index in [1.54, 1.807) is 24.3 Å². The molecule has 0 radical (unpaired) electrons. The summed E-state index contributed by atoms with van der Waals surface area (Å²) >= 11 is 0. The molecule has 4 atom stereocenters. The van der Waals surface area contributed by atoms with Crippen LogP contribution < -0.4 is 0 Å². The average molecular weight is 865 g/mol. The zero-order valence-electron chi connectivity index (χ0n) is 34.4. The number of methoxy groups -OCH3 is 8. The normalized spacial score (nSPS) is 21.1. The van der Waals surface area contributed by atoms with Crippen LogP contribution in [-0.4, -0.2) is 138 Å². The largest absolute Gasteiger partial charge is 0.507 e. The standard InChI is InChI=1S/2C21H20O10/c1-26-16(22)12-10-5-7-20(30-10,14(12)18(24)28-3)9-21-8-6-11(31-21)13(17(23)27-2)15(21)19(25)29-4;1-28-18(24)14-10(5-7-12(22)16(14)20(26)30-3)9-11-6-8-13(23)17(21(27)31-4)15(11)19(25)29-2/h5-8,10-11H,9H2,1-4H3;5-8,22-23H,9H2,1-4H3/t10-,11+,20-,21+;. The summed E-state index contributed by atoms with van der Waals surface area (Å²) in [6, 6.07) is 5.04. The summed E-state index contributed by atoms with van der Waals surface area (Å²) in [5, 5.41) is 20.2. The van der Waals surface area contributed by atoms with Crippen LogP contribution >= 0.6 is 0 Å². The molecule has 0 unspecified atom stereocenters. The lowest BCUT2D eigenvalue weighted by molar-refractivity contribution is -0.140. The Balaban J connectivity index is 0.000000234. The highest BCUT2D eigenvalue weighted by atomic mass is 16.6. The van der Waals surface area contributed by atoms with Crippen molar-refractivity contribution in [3.05, 3.63) is 104 Å². The fraction of sp³-hybridized carbons (Fsp3) is 0.333. The minimum atomic E-state index is -1.45. The molecule has 2 N–H and O–H groups in total. The van der Waals surface area contributed by atoms with Crippen molar-refractivity contribution in [2.24, 2.45) is 0 Å². The molecule has 4 bridgehead atoms. The third kappa shape index (κ3) is 7.76. The first-order chi connectivity index (χ1) is 29.5. The first-order valence-corrected chi connectivity index (χ1v) is 18.1. The van der Waals surface area contributed by atoms with Gasteiger partial charge in [0.05, 0.1) is 90.3 Å². The summed E-state index contributed by atoms with van der Waals surface area (Å²) in [7, 11) is 9.07. The molecule has 2 aromatic carbocycles. The Hall–Kier alpha value is -7.32. The fourth-order valence-electron chi connectivity index (χ4n) is 7.68. The van der Waals surface area contributed by atoms with Gasteiger partial charge in [0, 0.05) is 6.42 Å². The smallest absolute Gasteiger partial charge is 0.342 e. The summed E-state index contributed by atoms with van der Waals surface area (Å²) in [5.74, 6) is -7.87. The number of phenols is 2. The maximum absolute atomic E-state index is 12.7. The van der Waals surface area contributed by atoms with Crippen molar-refractivity contribution >= 4 is 47.8 Å². The van der Waals surface area contributed by atoms with Crippen molar-refractivity contribution in [1.82, 2.24) is 0 Å². The second-order valence-corrected chi connectivity index (χ2v) is 13.4. The van der Waals surface area contributed by atoms with Gasteiger partial charge in [0.2, 0.25) is 0 Å². The van der Waals surface area contributed by atoms with Crippen molar-refractivity contribution in [2.45, 2.75) is 36.3 Å². The predicted molar refractivity (Wildman–Crippen MR) is 205 cm³/mol. The van der Waals surface area contributed by atoms with E-state index in [0.717, 1.165) is 28.4 Å². The molecule has 0 amide bonds. The molecule has 4 heterocycles. The lowest BCUT2D eigenvalue weighted by Gasteiger charge is -2.34. The maximum atomic E-state index is 12.7. The highest BCUT2D eigenvalue weighted by Crippen LogP contribution is 2.55. The minimum Gasteiger partial charge on any atom is -0.507 e. The Labute approximate surface area is 352 Å². The summed E-state index contributed by atoms with van der Waals surface area (Å²) < 4.78 is 50.3. The van der Waals surface area contributed by atoms with Gasteiger partial charge in [-0.25, -0.2) is 38.4 Å². The van der Waals surface area contributed by atoms with Crippen LogP contribution in [0.15, 0.2) is 70.9 Å². The summed E-state index contributed by atoms with van der Waals surface area (Å²) in [5.41, 5.74) is -4.00. The van der Waals surface area contributed by atoms with Crippen molar-refractivity contribution in [3.8, 4) is 11.5 Å². The van der Waals surface area contributed by atoms with E-state index >= 15 is 0 Å². The van der Waals surface area contributed by atoms with E-state index < -0.39 is 93.8 Å². The molecular formula is C42H40O20. The van der Waals surface area contributed by atoms with Gasteiger partial charge in [-0.05, 0) is 41.8 Å². The van der Waals surface area contributed by atoms with Gasteiger partial charge in [0.25, 0.3) is 0 Å². The van der Waals surface area contributed by atoms with Gasteiger partial charge < -0.3 is 57.6 Å². The van der Waals surface area contributed by atoms with Crippen LogP contribution in [0.1, 0.15) is 59.0 Å². The van der Waals surface area contributed by atoms with E-state index in [2.05, 4.69) is 9.47 Å². The molecule has 20 heteroatoms. The zero-order chi connectivity index (χ0) is 45.8. The van der Waals surface area contributed by atoms with E-state index in [0.29, 0.717) is 0 Å². The molecule has 4 aliphatic heterocycles. The second-order valence-electron chi connectivity index (χ2n) is 13.4. The molecule has 2 aromatic rings. The quantitative estimate of drug-likeness (QED) is 0.175. The Morgan fingerprint density at radius 3 is 1.08 bits per heavy atom. The SMILES string of the molecule is COC(=O)C1=C(C(=O)OC)[C@@]2(C[C@@]34C=C[C@@H](O3)C(C(=O)OC)=C4C(=O)OC)C=C[C@@H]1O2.COC(=O)c1c(O)ccc(Cc2ccc(O)c(C(=O)OC)c2C(=O)OC)c1C(=O)OC. The monoisotopic (exact) mass is 864 g/mol. The maximum Gasteiger partial charge on any atom is 0.342 e. The minimum absolute atomic E-state index is 0.0153. The van der Waals surface area contributed by atoms with Gasteiger partial charge >= 0.3 is 47.8 Å². The van der Waals surface area contributed by atoms with Gasteiger partial charge in [-0.1, -0.05) is 24.3 Å². The number of phenolic OH excluding ortho intramolecular Hbond substituents is 2. The third-order valence-electron chi connectivity index (χ3n) is 10.3. The number of carbonyl (C=O) groups excluding carboxylic acids is 8. The number of esters is 8. The van der Waals surface area contributed by atoms with Crippen LogP contribution in [0.2, 0.25) is 0 Å². The lowest BCUT2D eigenvalue weighted by atomic mass is 9.74. The van der Waals surface area contributed by atoms with Crippen LogP contribution in [0.5, 0.6) is 11.5 Å². The molecule has 0 aromatic heterocycles. The number of hydrogen-bond donors (Lipinski definition) is 2. The lowest BCUT2D eigenvalue weighted by Crippen LogP contribution is -2.44. The Morgan fingerprint density at radius 1 is 0.468 bits per heavy atom. The van der Waals surface area contributed by atoms with E-state index in [1.165, 1.54) is 52.7 Å². The van der Waals surface area contributed by atoms with Gasteiger partial charge in [-0.15, -0.1) is 0 Å².